The zero-order chi connectivity index (χ0) is 12.5. The number of hydrogen-bond acceptors (Lipinski definition) is 5. The zero-order valence-electron chi connectivity index (χ0n) is 9.36. The molecule has 3 aromatic heterocycles. The molecule has 8 heteroatoms. The van der Waals surface area contributed by atoms with Crippen LogP contribution in [0.3, 0.4) is 0 Å². The first-order chi connectivity index (χ1) is 8.76. The van der Waals surface area contributed by atoms with Crippen molar-refractivity contribution in [3.8, 4) is 0 Å². The molecule has 0 radical (unpaired) electrons. The minimum absolute atomic E-state index is 0.381. The predicted molar refractivity (Wildman–Crippen MR) is 67.7 cm³/mol. The van der Waals surface area contributed by atoms with Gasteiger partial charge in [-0.3, -0.25) is 4.40 Å². The standard InChI is InChI=1S/C10H10BrN7/c11-7-1-2-9-14-15-10(18(9)4-7)6-17-5-8(3-12)13-16-17/h1-2,4-5H,3,6,12H2. The molecule has 0 aliphatic rings. The van der Waals surface area contributed by atoms with E-state index in [9.17, 15) is 0 Å². The topological polar surface area (TPSA) is 86.9 Å². The van der Waals surface area contributed by atoms with Crippen molar-refractivity contribution in [2.75, 3.05) is 0 Å². The van der Waals surface area contributed by atoms with Crippen LogP contribution in [0.5, 0.6) is 0 Å². The minimum atomic E-state index is 0.381. The van der Waals surface area contributed by atoms with Gasteiger partial charge in [-0.1, -0.05) is 5.21 Å². The van der Waals surface area contributed by atoms with E-state index in [1.165, 1.54) is 0 Å². The van der Waals surface area contributed by atoms with E-state index in [1.54, 1.807) is 10.9 Å². The number of pyridine rings is 1. The molecule has 0 aliphatic carbocycles. The lowest BCUT2D eigenvalue weighted by molar-refractivity contribution is 0.620. The van der Waals surface area contributed by atoms with Gasteiger partial charge >= 0.3 is 0 Å². The molecule has 0 aromatic carbocycles. The Labute approximate surface area is 111 Å². The molecule has 7 nitrogen and oxygen atoms in total. The summed E-state index contributed by atoms with van der Waals surface area (Å²) in [6.45, 7) is 0.886. The Kier molecular flexibility index (Phi) is 2.80. The van der Waals surface area contributed by atoms with Crippen LogP contribution in [0, 0.1) is 0 Å². The van der Waals surface area contributed by atoms with Crippen molar-refractivity contribution in [3.63, 3.8) is 0 Å². The highest BCUT2D eigenvalue weighted by molar-refractivity contribution is 9.10. The second kappa shape index (κ2) is 4.46. The molecule has 0 aliphatic heterocycles. The van der Waals surface area contributed by atoms with Crippen LogP contribution < -0.4 is 5.73 Å². The summed E-state index contributed by atoms with van der Waals surface area (Å²) >= 11 is 3.42. The van der Waals surface area contributed by atoms with Gasteiger partial charge in [0.1, 0.15) is 6.54 Å². The molecule has 3 rings (SSSR count). The zero-order valence-corrected chi connectivity index (χ0v) is 10.9. The summed E-state index contributed by atoms with van der Waals surface area (Å²) in [5, 5.41) is 16.1. The molecule has 0 amide bonds. The average molecular weight is 308 g/mol. The normalized spacial score (nSPS) is 11.2. The fourth-order valence-corrected chi connectivity index (χ4v) is 2.01. The van der Waals surface area contributed by atoms with Crippen molar-refractivity contribution in [2.45, 2.75) is 13.1 Å². The third-order valence-corrected chi connectivity index (χ3v) is 3.00. The SMILES string of the molecule is NCc1cn(Cc2nnc3ccc(Br)cn23)nn1. The highest BCUT2D eigenvalue weighted by Crippen LogP contribution is 2.12. The highest BCUT2D eigenvalue weighted by atomic mass is 79.9. The Morgan fingerprint density at radius 1 is 1.17 bits per heavy atom. The Hall–Kier alpha value is -1.80. The molecule has 2 N–H and O–H groups in total. The van der Waals surface area contributed by atoms with Gasteiger partial charge in [0.2, 0.25) is 0 Å². The molecular formula is C10H10BrN7. The van der Waals surface area contributed by atoms with E-state index in [-0.39, 0.29) is 0 Å². The number of aromatic nitrogens is 6. The maximum atomic E-state index is 5.49. The lowest BCUT2D eigenvalue weighted by Crippen LogP contribution is -2.05. The molecule has 0 spiro atoms. The summed E-state index contributed by atoms with van der Waals surface area (Å²) in [4.78, 5) is 0. The van der Waals surface area contributed by atoms with Gasteiger partial charge in [-0.25, -0.2) is 4.68 Å². The highest BCUT2D eigenvalue weighted by Gasteiger charge is 2.07. The quantitative estimate of drug-likeness (QED) is 0.765. The van der Waals surface area contributed by atoms with Gasteiger partial charge in [0.05, 0.1) is 11.9 Å². The van der Waals surface area contributed by atoms with Crippen molar-refractivity contribution in [1.29, 1.82) is 0 Å². The molecule has 3 aromatic rings. The molecule has 0 fully saturated rings. The summed E-state index contributed by atoms with van der Waals surface area (Å²) in [5.41, 5.74) is 7.04. The lowest BCUT2D eigenvalue weighted by atomic mass is 10.4. The molecule has 0 saturated carbocycles. The smallest absolute Gasteiger partial charge is 0.160 e. The van der Waals surface area contributed by atoms with Crippen LogP contribution in [-0.2, 0) is 13.1 Å². The molecule has 3 heterocycles. The Balaban J connectivity index is 1.96. The van der Waals surface area contributed by atoms with Crippen LogP contribution >= 0.6 is 15.9 Å². The Morgan fingerprint density at radius 2 is 2.06 bits per heavy atom. The fraction of sp³-hybridized carbons (Fsp3) is 0.200. The maximum absolute atomic E-state index is 5.49. The minimum Gasteiger partial charge on any atom is -0.325 e. The van der Waals surface area contributed by atoms with Gasteiger partial charge < -0.3 is 5.73 Å². The monoisotopic (exact) mass is 307 g/mol. The Bertz CT molecular complexity index is 686. The first kappa shape index (κ1) is 11.3. The number of hydrogen-bond donors (Lipinski definition) is 1. The number of halogens is 1. The van der Waals surface area contributed by atoms with Gasteiger partial charge in [-0.2, -0.15) is 0 Å². The summed E-state index contributed by atoms with van der Waals surface area (Å²) in [7, 11) is 0. The van der Waals surface area contributed by atoms with Gasteiger partial charge in [-0.15, -0.1) is 15.3 Å². The van der Waals surface area contributed by atoms with Crippen molar-refractivity contribution in [3.05, 3.63) is 40.5 Å². The van der Waals surface area contributed by atoms with E-state index >= 15 is 0 Å². The van der Waals surface area contributed by atoms with Gasteiger partial charge in [0.25, 0.3) is 0 Å². The molecule has 0 unspecified atom stereocenters. The van der Waals surface area contributed by atoms with Crippen molar-refractivity contribution < 1.29 is 0 Å². The van der Waals surface area contributed by atoms with Crippen LogP contribution in [0.4, 0.5) is 0 Å². The second-order valence-corrected chi connectivity index (χ2v) is 4.72. The summed E-state index contributed by atoms with van der Waals surface area (Å²) in [6, 6.07) is 3.82. The van der Waals surface area contributed by atoms with Gasteiger partial charge in [0, 0.05) is 17.2 Å². The summed E-state index contributed by atoms with van der Waals surface area (Å²) in [5.74, 6) is 0.791. The first-order valence-electron chi connectivity index (χ1n) is 5.34. The predicted octanol–water partition coefficient (Wildman–Crippen LogP) is 0.590. The van der Waals surface area contributed by atoms with E-state index in [4.69, 9.17) is 5.73 Å². The van der Waals surface area contributed by atoms with Crippen LogP contribution in [0.2, 0.25) is 0 Å². The first-order valence-corrected chi connectivity index (χ1v) is 6.14. The summed E-state index contributed by atoms with van der Waals surface area (Å²) < 4.78 is 4.57. The molecule has 18 heavy (non-hydrogen) atoms. The third-order valence-electron chi connectivity index (χ3n) is 2.54. The van der Waals surface area contributed by atoms with E-state index in [0.29, 0.717) is 13.1 Å². The van der Waals surface area contributed by atoms with E-state index < -0.39 is 0 Å². The van der Waals surface area contributed by atoms with Crippen molar-refractivity contribution in [1.82, 2.24) is 29.6 Å². The third kappa shape index (κ3) is 2.00. The molecule has 0 saturated heterocycles. The summed E-state index contributed by atoms with van der Waals surface area (Å²) in [6.07, 6.45) is 3.73. The fourth-order valence-electron chi connectivity index (χ4n) is 1.67. The van der Waals surface area contributed by atoms with Crippen LogP contribution in [0.1, 0.15) is 11.5 Å². The van der Waals surface area contributed by atoms with Gasteiger partial charge in [0.15, 0.2) is 11.5 Å². The number of rotatable bonds is 3. The average Bonchev–Trinajstić information content (AvgIpc) is 2.97. The molecule has 0 bridgehead atoms. The Morgan fingerprint density at radius 3 is 2.83 bits per heavy atom. The maximum Gasteiger partial charge on any atom is 0.160 e. The van der Waals surface area contributed by atoms with Crippen LogP contribution in [-0.4, -0.2) is 29.6 Å². The van der Waals surface area contributed by atoms with Crippen LogP contribution in [0.15, 0.2) is 29.0 Å². The van der Waals surface area contributed by atoms with Crippen LogP contribution in [0.25, 0.3) is 5.65 Å². The van der Waals surface area contributed by atoms with Gasteiger partial charge in [-0.05, 0) is 28.1 Å². The second-order valence-electron chi connectivity index (χ2n) is 3.80. The van der Waals surface area contributed by atoms with Crippen molar-refractivity contribution >= 4 is 21.6 Å². The number of nitrogens with zero attached hydrogens (tertiary/aromatic N) is 6. The largest absolute Gasteiger partial charge is 0.325 e. The van der Waals surface area contributed by atoms with E-state index in [2.05, 4.69) is 36.4 Å². The van der Waals surface area contributed by atoms with E-state index in [0.717, 1.165) is 21.6 Å². The van der Waals surface area contributed by atoms with E-state index in [1.807, 2.05) is 22.7 Å². The molecule has 92 valence electrons. The molecular weight excluding hydrogens is 298 g/mol. The number of fused-ring (bicyclic) bond motifs is 1. The molecule has 0 atom stereocenters. The van der Waals surface area contributed by atoms with Crippen molar-refractivity contribution in [2.24, 2.45) is 5.73 Å². The number of nitrogens with two attached hydrogens (primary N) is 1. The lowest BCUT2D eigenvalue weighted by Gasteiger charge is -1.99.